The number of benzene rings is 2. The predicted octanol–water partition coefficient (Wildman–Crippen LogP) is 3.42. The van der Waals surface area contributed by atoms with Crippen molar-refractivity contribution in [2.24, 2.45) is 4.99 Å². The Hall–Kier alpha value is -4.83. The van der Waals surface area contributed by atoms with Gasteiger partial charge in [0.2, 0.25) is 0 Å². The quantitative estimate of drug-likeness (QED) is 0.295. The summed E-state index contributed by atoms with van der Waals surface area (Å²) >= 11 is 0.759. The number of nitrogens with one attached hydrogen (secondary N) is 1. The van der Waals surface area contributed by atoms with Crippen molar-refractivity contribution in [1.82, 2.24) is 0 Å². The molecule has 0 saturated carbocycles. The first-order valence-electron chi connectivity index (χ1n) is 8.73. The van der Waals surface area contributed by atoms with Crippen molar-refractivity contribution in [2.45, 2.75) is 0 Å². The van der Waals surface area contributed by atoms with Crippen LogP contribution < -0.4 is 14.3 Å². The van der Waals surface area contributed by atoms with Gasteiger partial charge >= 0.3 is 0 Å². The fraction of sp³-hybridized carbons (Fsp3) is 0. The molecule has 3 aromatic rings. The van der Waals surface area contributed by atoms with Crippen LogP contribution >= 0.6 is 12.0 Å². The highest BCUT2D eigenvalue weighted by Crippen LogP contribution is 2.32. The van der Waals surface area contributed by atoms with Crippen molar-refractivity contribution < 1.29 is 8.86 Å². The zero-order valence-electron chi connectivity index (χ0n) is 15.9. The van der Waals surface area contributed by atoms with Crippen molar-refractivity contribution in [2.75, 3.05) is 5.43 Å². The molecule has 0 aliphatic heterocycles. The molecule has 0 unspecified atom stereocenters. The van der Waals surface area contributed by atoms with Crippen LogP contribution in [-0.2, 0) is 0 Å². The average molecular weight is 422 g/mol. The summed E-state index contributed by atoms with van der Waals surface area (Å²) in [5.74, 6) is -0.161. The molecule has 0 fully saturated rings. The minimum absolute atomic E-state index is 0.0550. The van der Waals surface area contributed by atoms with Gasteiger partial charge in [-0.3, -0.25) is 0 Å². The van der Waals surface area contributed by atoms with E-state index in [9.17, 15) is 21.0 Å². The predicted molar refractivity (Wildman–Crippen MR) is 113 cm³/mol. The van der Waals surface area contributed by atoms with E-state index in [-0.39, 0.29) is 33.2 Å². The van der Waals surface area contributed by atoms with Gasteiger partial charge in [-0.05, 0) is 18.2 Å². The number of hydrogen-bond donors (Lipinski definition) is 1. The molecule has 0 aliphatic carbocycles. The van der Waals surface area contributed by atoms with E-state index in [0.717, 1.165) is 12.0 Å². The maximum atomic E-state index is 9.52. The van der Waals surface area contributed by atoms with Gasteiger partial charge in [-0.15, -0.1) is 5.43 Å². The molecule has 1 aromatic heterocycles. The fourth-order valence-electron chi connectivity index (χ4n) is 2.49. The van der Waals surface area contributed by atoms with Crippen LogP contribution in [0.2, 0.25) is 0 Å². The summed E-state index contributed by atoms with van der Waals surface area (Å²) in [7, 11) is 0. The summed E-state index contributed by atoms with van der Waals surface area (Å²) in [5, 5.41) is 38.0. The number of para-hydroxylation sites is 1. The molecule has 2 aromatic carbocycles. The molecule has 0 amide bonds. The summed E-state index contributed by atoms with van der Waals surface area (Å²) < 4.78 is 7.34. The zero-order valence-corrected chi connectivity index (χ0v) is 16.7. The number of aliphatic imine (C=N–C) groups is 1. The van der Waals surface area contributed by atoms with E-state index in [1.807, 2.05) is 60.7 Å². The molecule has 1 heterocycles. The highest BCUT2D eigenvalue weighted by molar-refractivity contribution is 8.10. The molecule has 0 atom stereocenters. The number of aromatic nitrogens is 1. The molecule has 8 nitrogen and oxygen atoms in total. The SMILES string of the molecule is N#Cc1cc(C#N)c(C#N)c(OSC(=Nc2ccccc2)N[n+]2ccccc2)c1C#N. The topological polar surface area (TPSA) is 133 Å². The summed E-state index contributed by atoms with van der Waals surface area (Å²) in [4.78, 5) is 4.49. The number of hydrogen-bond acceptors (Lipinski definition) is 7. The van der Waals surface area contributed by atoms with E-state index in [4.69, 9.17) is 4.18 Å². The largest absolute Gasteiger partial charge is 0.414 e. The number of nitriles is 4. The molecule has 31 heavy (non-hydrogen) atoms. The molecular formula is C22H12N7OS+. The Morgan fingerprint density at radius 2 is 1.42 bits per heavy atom. The van der Waals surface area contributed by atoms with Crippen LogP contribution in [0.4, 0.5) is 5.69 Å². The first-order chi connectivity index (χ1) is 15.2. The van der Waals surface area contributed by atoms with Crippen molar-refractivity contribution in [3.05, 3.63) is 89.2 Å². The Morgan fingerprint density at radius 3 is 1.97 bits per heavy atom. The van der Waals surface area contributed by atoms with Crippen molar-refractivity contribution in [1.29, 1.82) is 21.0 Å². The second-order valence-electron chi connectivity index (χ2n) is 5.81. The molecule has 0 saturated heterocycles. The van der Waals surface area contributed by atoms with Gasteiger partial charge in [0.1, 0.15) is 47.4 Å². The van der Waals surface area contributed by atoms with Gasteiger partial charge in [0, 0.05) is 12.1 Å². The molecular weight excluding hydrogens is 410 g/mol. The van der Waals surface area contributed by atoms with Crippen LogP contribution in [-0.4, -0.2) is 5.17 Å². The summed E-state index contributed by atoms with van der Waals surface area (Å²) in [5.41, 5.74) is 3.31. The van der Waals surface area contributed by atoms with Gasteiger partial charge in [-0.1, -0.05) is 28.9 Å². The van der Waals surface area contributed by atoms with Crippen LogP contribution in [0.25, 0.3) is 0 Å². The van der Waals surface area contributed by atoms with Crippen molar-refractivity contribution >= 4 is 22.9 Å². The van der Waals surface area contributed by atoms with E-state index in [1.54, 1.807) is 29.2 Å². The third-order valence-electron chi connectivity index (χ3n) is 3.88. The smallest absolute Gasteiger partial charge is 0.259 e. The van der Waals surface area contributed by atoms with Crippen LogP contribution in [0, 0.1) is 45.3 Å². The standard InChI is InChI=1S/C22H12N7OS/c23-12-16-11-17(13-24)20(15-26)21(19(16)14-25)30-31-22(27-18-7-3-1-4-8-18)28-29-9-5-2-6-10-29/h1-11H,(H,27,28)/q+1. The summed E-state index contributed by atoms with van der Waals surface area (Å²) in [6.45, 7) is 0. The van der Waals surface area contributed by atoms with E-state index >= 15 is 0 Å². The maximum absolute atomic E-state index is 9.52. The van der Waals surface area contributed by atoms with Crippen LogP contribution in [0.15, 0.2) is 72.0 Å². The number of nitrogens with zero attached hydrogens (tertiary/aromatic N) is 6. The third kappa shape index (κ3) is 4.96. The zero-order chi connectivity index (χ0) is 22.1. The molecule has 9 heteroatoms. The second-order valence-corrected chi connectivity index (χ2v) is 6.53. The van der Waals surface area contributed by atoms with Crippen LogP contribution in [0.3, 0.4) is 0 Å². The monoisotopic (exact) mass is 422 g/mol. The van der Waals surface area contributed by atoms with Gasteiger partial charge in [-0.2, -0.15) is 21.0 Å². The van der Waals surface area contributed by atoms with Crippen molar-refractivity contribution in [3.63, 3.8) is 0 Å². The molecule has 146 valence electrons. The molecule has 0 aliphatic rings. The van der Waals surface area contributed by atoms with Gasteiger partial charge in [-0.25, -0.2) is 4.99 Å². The lowest BCUT2D eigenvalue weighted by Gasteiger charge is -2.10. The van der Waals surface area contributed by atoms with Crippen LogP contribution in [0.5, 0.6) is 5.75 Å². The second kappa shape index (κ2) is 10.1. The molecule has 0 radical (unpaired) electrons. The maximum Gasteiger partial charge on any atom is 0.259 e. The highest BCUT2D eigenvalue weighted by Gasteiger charge is 2.22. The van der Waals surface area contributed by atoms with E-state index in [2.05, 4.69) is 10.4 Å². The lowest BCUT2D eigenvalue weighted by atomic mass is 9.99. The van der Waals surface area contributed by atoms with Crippen LogP contribution in [0.1, 0.15) is 22.3 Å². The Balaban J connectivity index is 2.01. The van der Waals surface area contributed by atoms with Gasteiger partial charge < -0.3 is 4.18 Å². The van der Waals surface area contributed by atoms with E-state index < -0.39 is 0 Å². The number of pyridine rings is 1. The average Bonchev–Trinajstić information content (AvgIpc) is 2.82. The lowest BCUT2D eigenvalue weighted by molar-refractivity contribution is -0.639. The lowest BCUT2D eigenvalue weighted by Crippen LogP contribution is -2.46. The highest BCUT2D eigenvalue weighted by atomic mass is 32.2. The van der Waals surface area contributed by atoms with E-state index in [0.29, 0.717) is 5.69 Å². The summed E-state index contributed by atoms with van der Waals surface area (Å²) in [6.07, 6.45) is 3.51. The Bertz CT molecular complexity index is 1240. The third-order valence-corrected chi connectivity index (χ3v) is 4.47. The first kappa shape index (κ1) is 20.9. The number of amidine groups is 1. The minimum atomic E-state index is -0.161. The Kier molecular flexibility index (Phi) is 6.80. The Morgan fingerprint density at radius 1 is 0.839 bits per heavy atom. The van der Waals surface area contributed by atoms with Gasteiger partial charge in [0.15, 0.2) is 18.1 Å². The molecule has 3 rings (SSSR count). The van der Waals surface area contributed by atoms with Crippen molar-refractivity contribution in [3.8, 4) is 30.0 Å². The van der Waals surface area contributed by atoms with Gasteiger partial charge in [0.25, 0.3) is 5.17 Å². The molecule has 0 bridgehead atoms. The van der Waals surface area contributed by atoms with E-state index in [1.165, 1.54) is 6.07 Å². The Labute approximate surface area is 182 Å². The molecule has 0 spiro atoms. The minimum Gasteiger partial charge on any atom is -0.414 e. The normalized spacial score (nSPS) is 10.1. The van der Waals surface area contributed by atoms with Gasteiger partial charge in [0.05, 0.1) is 16.8 Å². The number of rotatable bonds is 4. The summed E-state index contributed by atoms with van der Waals surface area (Å²) in [6, 6.07) is 23.3. The molecule has 1 N–H and O–H groups in total. The first-order valence-corrected chi connectivity index (χ1v) is 9.47. The fourth-order valence-corrected chi connectivity index (χ4v) is 3.10.